The third-order valence-electron chi connectivity index (χ3n) is 3.07. The number of nitrogens with one attached hydrogen (secondary N) is 1. The van der Waals surface area contributed by atoms with Gasteiger partial charge in [-0.25, -0.2) is 4.39 Å². The summed E-state index contributed by atoms with van der Waals surface area (Å²) < 4.78 is 19.6. The maximum atomic E-state index is 13.4. The van der Waals surface area contributed by atoms with Crippen molar-refractivity contribution in [1.82, 2.24) is 5.32 Å². The zero-order valence-corrected chi connectivity index (χ0v) is 14.0. The van der Waals surface area contributed by atoms with E-state index in [1.165, 1.54) is 6.07 Å². The highest BCUT2D eigenvalue weighted by molar-refractivity contribution is 9.10. The molecule has 0 aliphatic rings. The molecule has 0 atom stereocenters. The van der Waals surface area contributed by atoms with E-state index in [4.69, 9.17) is 4.74 Å². The molecule has 0 fully saturated rings. The third-order valence-corrected chi connectivity index (χ3v) is 3.69. The molecule has 21 heavy (non-hydrogen) atoms. The Bertz CT molecular complexity index is 580. The molecule has 2 aromatic carbocycles. The van der Waals surface area contributed by atoms with Crippen molar-refractivity contribution >= 4 is 15.9 Å². The number of benzene rings is 2. The molecular weight excluding hydrogens is 357 g/mol. The van der Waals surface area contributed by atoms with Gasteiger partial charge in [0.2, 0.25) is 0 Å². The Morgan fingerprint density at radius 3 is 2.62 bits per heavy atom. The van der Waals surface area contributed by atoms with E-state index in [1.807, 2.05) is 30.3 Å². The molecule has 0 unspecified atom stereocenters. The molecule has 0 amide bonds. The molecule has 2 nitrogen and oxygen atoms in total. The Kier molecular flexibility index (Phi) is 7.72. The smallest absolute Gasteiger partial charge is 0.133 e. The van der Waals surface area contributed by atoms with Crippen molar-refractivity contribution in [2.24, 2.45) is 0 Å². The highest BCUT2D eigenvalue weighted by Crippen LogP contribution is 2.25. The predicted molar refractivity (Wildman–Crippen MR) is 82.5 cm³/mol. The minimum Gasteiger partial charge on any atom is -1.00 e. The molecule has 0 spiro atoms. The topological polar surface area (TPSA) is 21.3 Å². The number of halogens is 3. The summed E-state index contributed by atoms with van der Waals surface area (Å²) in [6, 6.07) is 12.9. The summed E-state index contributed by atoms with van der Waals surface area (Å²) in [5.74, 6) is 0.682. The van der Waals surface area contributed by atoms with E-state index in [0.29, 0.717) is 6.42 Å². The van der Waals surface area contributed by atoms with Crippen LogP contribution in [0.1, 0.15) is 11.1 Å². The third kappa shape index (κ3) is 5.30. The second-order valence-electron chi connectivity index (χ2n) is 4.49. The molecule has 1 N–H and O–H groups in total. The lowest BCUT2D eigenvalue weighted by Crippen LogP contribution is -3.00. The van der Waals surface area contributed by atoms with Gasteiger partial charge in [-0.3, -0.25) is 0 Å². The van der Waals surface area contributed by atoms with Crippen LogP contribution in [-0.4, -0.2) is 13.7 Å². The van der Waals surface area contributed by atoms with Crippen LogP contribution in [0.15, 0.2) is 46.9 Å². The maximum Gasteiger partial charge on any atom is 0.133 e. The molecule has 0 bridgehead atoms. The lowest BCUT2D eigenvalue weighted by Gasteiger charge is -2.08. The quantitative estimate of drug-likeness (QED) is 0.761. The van der Waals surface area contributed by atoms with Crippen LogP contribution in [0.2, 0.25) is 0 Å². The van der Waals surface area contributed by atoms with Gasteiger partial charge in [0.1, 0.15) is 11.6 Å². The first-order chi connectivity index (χ1) is 9.70. The lowest BCUT2D eigenvalue weighted by atomic mass is 10.1. The minimum atomic E-state index is -0.138. The van der Waals surface area contributed by atoms with Gasteiger partial charge in [-0.05, 0) is 58.2 Å². The second kappa shape index (κ2) is 9.03. The van der Waals surface area contributed by atoms with Gasteiger partial charge < -0.3 is 22.5 Å². The summed E-state index contributed by atoms with van der Waals surface area (Å²) in [6.07, 6.45) is 0.685. The van der Waals surface area contributed by atoms with E-state index in [0.717, 1.165) is 34.4 Å². The molecule has 114 valence electrons. The highest BCUT2D eigenvalue weighted by atomic mass is 79.9. The Balaban J connectivity index is 0.00000220. The SMILES string of the molecule is COc1ccc(CNCCc2ccccc2F)cc1Br.[Cl-]. The Labute approximate surface area is 139 Å². The molecule has 0 saturated carbocycles. The Morgan fingerprint density at radius 1 is 1.19 bits per heavy atom. The fourth-order valence-corrected chi connectivity index (χ4v) is 2.56. The molecule has 0 aliphatic heterocycles. The van der Waals surface area contributed by atoms with Crippen LogP contribution in [0.4, 0.5) is 4.39 Å². The van der Waals surface area contributed by atoms with E-state index >= 15 is 0 Å². The zero-order chi connectivity index (χ0) is 14.4. The van der Waals surface area contributed by atoms with Crippen molar-refractivity contribution in [1.29, 1.82) is 0 Å². The van der Waals surface area contributed by atoms with Gasteiger partial charge in [0.15, 0.2) is 0 Å². The van der Waals surface area contributed by atoms with Crippen molar-refractivity contribution in [2.75, 3.05) is 13.7 Å². The van der Waals surface area contributed by atoms with Crippen LogP contribution in [0.5, 0.6) is 5.75 Å². The van der Waals surface area contributed by atoms with Crippen molar-refractivity contribution < 1.29 is 21.5 Å². The number of rotatable bonds is 6. The molecule has 5 heteroatoms. The van der Waals surface area contributed by atoms with Crippen LogP contribution in [0, 0.1) is 5.82 Å². The van der Waals surface area contributed by atoms with E-state index in [2.05, 4.69) is 21.2 Å². The first-order valence-electron chi connectivity index (χ1n) is 6.47. The van der Waals surface area contributed by atoms with Crippen molar-refractivity contribution in [3.05, 3.63) is 63.9 Å². The van der Waals surface area contributed by atoms with Gasteiger partial charge in [-0.15, -0.1) is 0 Å². The molecule has 2 rings (SSSR count). The van der Waals surface area contributed by atoms with Gasteiger partial charge in [-0.2, -0.15) is 0 Å². The van der Waals surface area contributed by atoms with Crippen molar-refractivity contribution in [2.45, 2.75) is 13.0 Å². The highest BCUT2D eigenvalue weighted by Gasteiger charge is 2.02. The number of methoxy groups -OCH3 is 1. The van der Waals surface area contributed by atoms with Crippen LogP contribution in [0.25, 0.3) is 0 Å². The fraction of sp³-hybridized carbons (Fsp3) is 0.250. The number of hydrogen-bond donors (Lipinski definition) is 1. The average Bonchev–Trinajstić information content (AvgIpc) is 2.45. The average molecular weight is 374 g/mol. The Hall–Kier alpha value is -1.10. The summed E-state index contributed by atoms with van der Waals surface area (Å²) in [4.78, 5) is 0. The summed E-state index contributed by atoms with van der Waals surface area (Å²) >= 11 is 3.46. The van der Waals surface area contributed by atoms with Gasteiger partial charge in [0, 0.05) is 6.54 Å². The summed E-state index contributed by atoms with van der Waals surface area (Å²) in [5.41, 5.74) is 1.90. The van der Waals surface area contributed by atoms with E-state index in [1.54, 1.807) is 13.2 Å². The summed E-state index contributed by atoms with van der Waals surface area (Å²) in [7, 11) is 1.65. The largest absolute Gasteiger partial charge is 1.00 e. The first-order valence-corrected chi connectivity index (χ1v) is 7.26. The van der Waals surface area contributed by atoms with Crippen LogP contribution >= 0.6 is 15.9 Å². The molecule has 0 saturated heterocycles. The number of ether oxygens (including phenoxy) is 1. The second-order valence-corrected chi connectivity index (χ2v) is 5.34. The minimum absolute atomic E-state index is 0. The normalized spacial score (nSPS) is 10.0. The van der Waals surface area contributed by atoms with Crippen molar-refractivity contribution in [3.63, 3.8) is 0 Å². The summed E-state index contributed by atoms with van der Waals surface area (Å²) in [6.45, 7) is 1.49. The Morgan fingerprint density at radius 2 is 1.95 bits per heavy atom. The molecule has 0 aromatic heterocycles. The van der Waals surface area contributed by atoms with Crippen LogP contribution in [-0.2, 0) is 13.0 Å². The van der Waals surface area contributed by atoms with Gasteiger partial charge in [0.05, 0.1) is 11.6 Å². The van der Waals surface area contributed by atoms with Crippen LogP contribution < -0.4 is 22.5 Å². The molecule has 0 radical (unpaired) electrons. The van der Waals surface area contributed by atoms with Gasteiger partial charge in [0.25, 0.3) is 0 Å². The molecule has 2 aromatic rings. The van der Waals surface area contributed by atoms with Gasteiger partial charge in [-0.1, -0.05) is 24.3 Å². The standard InChI is InChI=1S/C16H17BrFNO.ClH/c1-20-16-7-6-12(10-14(16)17)11-19-9-8-13-4-2-3-5-15(13)18;/h2-7,10,19H,8-9,11H2,1H3;1H/p-1. The van der Waals surface area contributed by atoms with Crippen LogP contribution in [0.3, 0.4) is 0 Å². The van der Waals surface area contributed by atoms with E-state index in [9.17, 15) is 4.39 Å². The zero-order valence-electron chi connectivity index (χ0n) is 11.7. The predicted octanol–water partition coefficient (Wildman–Crippen LogP) is 0.933. The monoisotopic (exact) mass is 372 g/mol. The first kappa shape index (κ1) is 18.0. The molecule has 0 aliphatic carbocycles. The fourth-order valence-electron chi connectivity index (χ4n) is 1.98. The van der Waals surface area contributed by atoms with E-state index < -0.39 is 0 Å². The molecular formula is C16H17BrClFNO-. The number of hydrogen-bond acceptors (Lipinski definition) is 2. The lowest BCUT2D eigenvalue weighted by molar-refractivity contribution is -0.00000485. The van der Waals surface area contributed by atoms with Gasteiger partial charge >= 0.3 is 0 Å². The van der Waals surface area contributed by atoms with Crippen molar-refractivity contribution in [3.8, 4) is 5.75 Å². The summed E-state index contributed by atoms with van der Waals surface area (Å²) in [5, 5.41) is 3.31. The maximum absolute atomic E-state index is 13.4. The molecule has 0 heterocycles. The van der Waals surface area contributed by atoms with E-state index in [-0.39, 0.29) is 18.2 Å².